The second-order valence-corrected chi connectivity index (χ2v) is 7.27. The van der Waals surface area contributed by atoms with Crippen molar-refractivity contribution in [3.05, 3.63) is 42.5 Å². The molecule has 0 aliphatic carbocycles. The van der Waals surface area contributed by atoms with Gasteiger partial charge in [0.15, 0.2) is 0 Å². The molecule has 1 aliphatic heterocycles. The van der Waals surface area contributed by atoms with E-state index in [2.05, 4.69) is 63.2 Å². The Morgan fingerprint density at radius 3 is 2.57 bits per heavy atom. The number of thiophene rings is 1. The van der Waals surface area contributed by atoms with E-state index in [9.17, 15) is 0 Å². The van der Waals surface area contributed by atoms with Gasteiger partial charge in [-0.2, -0.15) is 0 Å². The monoisotopic (exact) mass is 296 g/mol. The van der Waals surface area contributed by atoms with Crippen molar-refractivity contribution in [1.29, 1.82) is 0 Å². The van der Waals surface area contributed by atoms with Crippen molar-refractivity contribution in [3.8, 4) is 0 Å². The van der Waals surface area contributed by atoms with Crippen LogP contribution in [0.25, 0.3) is 20.2 Å². The molecule has 0 amide bonds. The molecule has 0 saturated carbocycles. The van der Waals surface area contributed by atoms with Gasteiger partial charge in [-0.1, -0.05) is 30.3 Å². The van der Waals surface area contributed by atoms with Gasteiger partial charge >= 0.3 is 7.12 Å². The Labute approximate surface area is 128 Å². The quantitative estimate of drug-likeness (QED) is 0.633. The summed E-state index contributed by atoms with van der Waals surface area (Å²) in [6.45, 7) is 6.23. The van der Waals surface area contributed by atoms with Crippen molar-refractivity contribution in [2.45, 2.75) is 32.5 Å². The Bertz CT molecular complexity index is 824. The highest BCUT2D eigenvalue weighted by atomic mass is 32.1. The Balaban J connectivity index is 1.82. The summed E-state index contributed by atoms with van der Waals surface area (Å²) in [5.74, 6) is 0. The van der Waals surface area contributed by atoms with Crippen LogP contribution in [0.5, 0.6) is 0 Å². The van der Waals surface area contributed by atoms with E-state index in [1.54, 1.807) is 0 Å². The van der Waals surface area contributed by atoms with Crippen molar-refractivity contribution in [2.75, 3.05) is 0 Å². The molecule has 106 valence electrons. The van der Waals surface area contributed by atoms with Crippen LogP contribution in [0.15, 0.2) is 42.5 Å². The molecule has 21 heavy (non-hydrogen) atoms. The number of hydrogen-bond donors (Lipinski definition) is 0. The summed E-state index contributed by atoms with van der Waals surface area (Å²) in [6, 6.07) is 15.1. The highest BCUT2D eigenvalue weighted by molar-refractivity contribution is 7.25. The van der Waals surface area contributed by atoms with Crippen LogP contribution in [-0.4, -0.2) is 18.8 Å². The minimum absolute atomic E-state index is 0.0948. The van der Waals surface area contributed by atoms with Crippen LogP contribution in [0.4, 0.5) is 0 Å². The third-order valence-electron chi connectivity index (χ3n) is 4.39. The third kappa shape index (κ3) is 2.10. The van der Waals surface area contributed by atoms with Crippen molar-refractivity contribution < 1.29 is 9.31 Å². The van der Waals surface area contributed by atoms with Crippen molar-refractivity contribution in [1.82, 2.24) is 0 Å². The lowest BCUT2D eigenvalue weighted by atomic mass is 9.78. The average Bonchev–Trinajstić information content (AvgIpc) is 2.96. The second-order valence-electron chi connectivity index (χ2n) is 6.19. The zero-order chi connectivity index (χ0) is 14.6. The fourth-order valence-corrected chi connectivity index (χ4v) is 3.87. The summed E-state index contributed by atoms with van der Waals surface area (Å²) in [4.78, 5) is 0. The zero-order valence-corrected chi connectivity index (χ0v) is 13.2. The van der Waals surface area contributed by atoms with Gasteiger partial charge < -0.3 is 9.31 Å². The smallest absolute Gasteiger partial charge is 0.402 e. The van der Waals surface area contributed by atoms with E-state index in [0.29, 0.717) is 0 Å². The van der Waals surface area contributed by atoms with E-state index >= 15 is 0 Å². The minimum atomic E-state index is -0.266. The van der Waals surface area contributed by atoms with E-state index in [1.807, 2.05) is 11.3 Å². The lowest BCUT2D eigenvalue weighted by molar-refractivity contribution is 0.0842. The van der Waals surface area contributed by atoms with E-state index < -0.39 is 0 Å². The molecule has 0 N–H and O–H groups in total. The maximum absolute atomic E-state index is 6.07. The summed E-state index contributed by atoms with van der Waals surface area (Å²) in [6.07, 6.45) is 0.0948. The molecule has 2 nitrogen and oxygen atoms in total. The molecule has 0 spiro atoms. The van der Waals surface area contributed by atoms with Crippen LogP contribution in [-0.2, 0) is 9.31 Å². The van der Waals surface area contributed by atoms with Crippen LogP contribution in [0.3, 0.4) is 0 Å². The predicted molar refractivity (Wildman–Crippen MR) is 90.4 cm³/mol. The molecule has 0 bridgehead atoms. The molecule has 1 fully saturated rings. The number of fused-ring (bicyclic) bond motifs is 3. The molecular weight excluding hydrogens is 279 g/mol. The standard InChI is InChI=1S/C17H17BO2S/c1-11-17(2,3)20-18(19-11)12-8-9-16-14(10-12)13-6-4-5-7-15(13)21-16/h4-11H,1-3H3. The van der Waals surface area contributed by atoms with Crippen molar-refractivity contribution in [2.24, 2.45) is 0 Å². The Morgan fingerprint density at radius 2 is 1.81 bits per heavy atom. The maximum atomic E-state index is 6.07. The summed E-state index contributed by atoms with van der Waals surface area (Å²) in [5.41, 5.74) is 0.861. The van der Waals surface area contributed by atoms with Gasteiger partial charge in [-0.15, -0.1) is 11.3 Å². The highest BCUT2D eigenvalue weighted by Crippen LogP contribution is 2.33. The number of benzene rings is 2. The van der Waals surface area contributed by atoms with Crippen LogP contribution in [0.1, 0.15) is 20.8 Å². The molecule has 2 aromatic carbocycles. The van der Waals surface area contributed by atoms with Crippen LogP contribution in [0, 0.1) is 0 Å². The second kappa shape index (κ2) is 4.57. The summed E-state index contributed by atoms with van der Waals surface area (Å²) in [7, 11) is -0.266. The van der Waals surface area contributed by atoms with Gasteiger partial charge in [0.2, 0.25) is 0 Å². The fraction of sp³-hybridized carbons (Fsp3) is 0.294. The summed E-state index contributed by atoms with van der Waals surface area (Å²) in [5, 5.41) is 2.60. The van der Waals surface area contributed by atoms with E-state index in [-0.39, 0.29) is 18.8 Å². The lowest BCUT2D eigenvalue weighted by Gasteiger charge is -2.21. The molecule has 1 atom stereocenters. The van der Waals surface area contributed by atoms with Gasteiger partial charge in [-0.25, -0.2) is 0 Å². The number of rotatable bonds is 1. The fourth-order valence-electron chi connectivity index (χ4n) is 2.79. The molecule has 0 radical (unpaired) electrons. The molecule has 1 aliphatic rings. The van der Waals surface area contributed by atoms with E-state index in [1.165, 1.54) is 20.2 Å². The van der Waals surface area contributed by atoms with Gasteiger partial charge in [0, 0.05) is 14.8 Å². The average molecular weight is 296 g/mol. The van der Waals surface area contributed by atoms with Crippen LogP contribution in [0.2, 0.25) is 0 Å². The molecule has 4 rings (SSSR count). The van der Waals surface area contributed by atoms with Crippen LogP contribution >= 0.6 is 11.3 Å². The van der Waals surface area contributed by atoms with Gasteiger partial charge in [-0.05, 0) is 43.8 Å². The third-order valence-corrected chi connectivity index (χ3v) is 5.54. The first-order valence-corrected chi connectivity index (χ1v) is 8.11. The first kappa shape index (κ1) is 13.3. The number of hydrogen-bond acceptors (Lipinski definition) is 3. The van der Waals surface area contributed by atoms with Crippen LogP contribution < -0.4 is 5.46 Å². The molecular formula is C17H17BO2S. The molecule has 3 aromatic rings. The van der Waals surface area contributed by atoms with Gasteiger partial charge in [0.25, 0.3) is 0 Å². The van der Waals surface area contributed by atoms with Gasteiger partial charge in [-0.3, -0.25) is 0 Å². The normalized spacial score (nSPS) is 21.5. The zero-order valence-electron chi connectivity index (χ0n) is 12.4. The van der Waals surface area contributed by atoms with E-state index in [4.69, 9.17) is 9.31 Å². The lowest BCUT2D eigenvalue weighted by Crippen LogP contribution is -2.34. The molecule has 2 heterocycles. The Hall–Kier alpha value is -1.36. The first-order valence-electron chi connectivity index (χ1n) is 7.29. The molecule has 1 unspecified atom stereocenters. The van der Waals surface area contributed by atoms with Crippen molar-refractivity contribution >= 4 is 44.1 Å². The SMILES string of the molecule is CC1OB(c2ccc3sc4ccccc4c3c2)OC1(C)C. The van der Waals surface area contributed by atoms with Gasteiger partial charge in [0.05, 0.1) is 11.7 Å². The molecule has 1 saturated heterocycles. The van der Waals surface area contributed by atoms with Gasteiger partial charge in [0.1, 0.15) is 0 Å². The molecule has 4 heteroatoms. The Morgan fingerprint density at radius 1 is 1.05 bits per heavy atom. The highest BCUT2D eigenvalue weighted by Gasteiger charge is 2.43. The largest absolute Gasteiger partial charge is 0.494 e. The summed E-state index contributed by atoms with van der Waals surface area (Å²) < 4.78 is 14.7. The topological polar surface area (TPSA) is 18.5 Å². The first-order chi connectivity index (χ1) is 10.0. The van der Waals surface area contributed by atoms with Crippen molar-refractivity contribution in [3.63, 3.8) is 0 Å². The Kier molecular flexibility index (Phi) is 2.90. The molecule has 1 aromatic heterocycles. The minimum Gasteiger partial charge on any atom is -0.402 e. The van der Waals surface area contributed by atoms with E-state index in [0.717, 1.165) is 5.46 Å². The predicted octanol–water partition coefficient (Wildman–Crippen LogP) is 3.96. The maximum Gasteiger partial charge on any atom is 0.494 e. The summed E-state index contributed by atoms with van der Waals surface area (Å²) >= 11 is 1.83.